The number of ether oxygens (including phenoxy) is 2. The van der Waals surface area contributed by atoms with Crippen LogP contribution in [0.5, 0.6) is 11.5 Å². The Balaban J connectivity index is 1.87. The molecule has 2 rings (SSSR count). The number of benzene rings is 1. The number of carbonyl (C=O) groups is 1. The van der Waals surface area contributed by atoms with E-state index >= 15 is 0 Å². The molecule has 1 atom stereocenters. The van der Waals surface area contributed by atoms with Gasteiger partial charge in [0.05, 0.1) is 19.8 Å². The fourth-order valence-corrected chi connectivity index (χ4v) is 2.61. The summed E-state index contributed by atoms with van der Waals surface area (Å²) in [5.41, 5.74) is 0.537. The third-order valence-electron chi connectivity index (χ3n) is 3.84. The third kappa shape index (κ3) is 4.36. The van der Waals surface area contributed by atoms with Gasteiger partial charge >= 0.3 is 0 Å². The second kappa shape index (κ2) is 7.88. The fraction of sp³-hybridized carbons (Fsp3) is 0.562. The molecular weight excluding hydrogens is 268 g/mol. The zero-order chi connectivity index (χ0) is 15.1. The van der Waals surface area contributed by atoms with Crippen LogP contribution in [-0.4, -0.2) is 39.3 Å². The zero-order valence-corrected chi connectivity index (χ0v) is 12.8. The number of rotatable bonds is 6. The lowest BCUT2D eigenvalue weighted by molar-refractivity contribution is 0.0948. The summed E-state index contributed by atoms with van der Waals surface area (Å²) in [4.78, 5) is 12.2. The van der Waals surface area contributed by atoms with Crippen LogP contribution in [0.3, 0.4) is 0 Å². The lowest BCUT2D eigenvalue weighted by Gasteiger charge is -2.23. The fourth-order valence-electron chi connectivity index (χ4n) is 2.61. The standard InChI is InChI=1S/C16H24N2O3/c1-20-13-6-7-14(15(11-13)21-2)16(19)18-10-8-12-5-3-4-9-17-12/h6-7,11-12,17H,3-5,8-10H2,1-2H3,(H,18,19). The van der Waals surface area contributed by atoms with E-state index < -0.39 is 0 Å². The van der Waals surface area contributed by atoms with E-state index in [1.54, 1.807) is 32.4 Å². The lowest BCUT2D eigenvalue weighted by Crippen LogP contribution is -2.37. The number of nitrogens with one attached hydrogen (secondary N) is 2. The summed E-state index contributed by atoms with van der Waals surface area (Å²) in [6.07, 6.45) is 4.69. The SMILES string of the molecule is COc1ccc(C(=O)NCCC2CCCCN2)c(OC)c1. The molecule has 0 radical (unpaired) electrons. The van der Waals surface area contributed by atoms with Gasteiger partial charge in [-0.05, 0) is 37.9 Å². The van der Waals surface area contributed by atoms with Crippen LogP contribution in [0.1, 0.15) is 36.0 Å². The molecule has 0 aliphatic carbocycles. The van der Waals surface area contributed by atoms with E-state index in [1.165, 1.54) is 19.3 Å². The molecule has 1 heterocycles. The average molecular weight is 292 g/mol. The Hall–Kier alpha value is -1.75. The molecule has 21 heavy (non-hydrogen) atoms. The second-order valence-electron chi connectivity index (χ2n) is 5.26. The van der Waals surface area contributed by atoms with Gasteiger partial charge in [-0.2, -0.15) is 0 Å². The van der Waals surface area contributed by atoms with Crippen LogP contribution in [0.25, 0.3) is 0 Å². The van der Waals surface area contributed by atoms with Crippen molar-refractivity contribution in [1.29, 1.82) is 0 Å². The van der Waals surface area contributed by atoms with Crippen molar-refractivity contribution in [2.24, 2.45) is 0 Å². The first-order chi connectivity index (χ1) is 10.2. The van der Waals surface area contributed by atoms with Crippen molar-refractivity contribution in [3.63, 3.8) is 0 Å². The van der Waals surface area contributed by atoms with E-state index in [1.807, 2.05) is 0 Å². The molecular formula is C16H24N2O3. The quantitative estimate of drug-likeness (QED) is 0.841. The molecule has 1 fully saturated rings. The largest absolute Gasteiger partial charge is 0.497 e. The first-order valence-corrected chi connectivity index (χ1v) is 7.48. The van der Waals surface area contributed by atoms with Crippen molar-refractivity contribution in [2.75, 3.05) is 27.3 Å². The topological polar surface area (TPSA) is 59.6 Å². The highest BCUT2D eigenvalue weighted by molar-refractivity contribution is 5.97. The van der Waals surface area contributed by atoms with E-state index in [0.717, 1.165) is 13.0 Å². The highest BCUT2D eigenvalue weighted by Gasteiger charge is 2.15. The van der Waals surface area contributed by atoms with Crippen molar-refractivity contribution in [2.45, 2.75) is 31.7 Å². The minimum absolute atomic E-state index is 0.106. The van der Waals surface area contributed by atoms with Crippen LogP contribution in [0.4, 0.5) is 0 Å². The van der Waals surface area contributed by atoms with Gasteiger partial charge < -0.3 is 20.1 Å². The Morgan fingerprint density at radius 3 is 2.86 bits per heavy atom. The molecule has 2 N–H and O–H groups in total. The maximum absolute atomic E-state index is 12.2. The van der Waals surface area contributed by atoms with Crippen LogP contribution in [0.15, 0.2) is 18.2 Å². The molecule has 0 bridgehead atoms. The van der Waals surface area contributed by atoms with Gasteiger partial charge in [0.25, 0.3) is 5.91 Å². The second-order valence-corrected chi connectivity index (χ2v) is 5.26. The highest BCUT2D eigenvalue weighted by Crippen LogP contribution is 2.24. The van der Waals surface area contributed by atoms with Crippen LogP contribution in [0, 0.1) is 0 Å². The average Bonchev–Trinajstić information content (AvgIpc) is 2.55. The van der Waals surface area contributed by atoms with Crippen molar-refractivity contribution >= 4 is 5.91 Å². The predicted octanol–water partition coefficient (Wildman–Crippen LogP) is 1.97. The minimum atomic E-state index is -0.106. The zero-order valence-electron chi connectivity index (χ0n) is 12.8. The Morgan fingerprint density at radius 2 is 2.19 bits per heavy atom. The van der Waals surface area contributed by atoms with Gasteiger partial charge in [0.1, 0.15) is 11.5 Å². The van der Waals surface area contributed by atoms with E-state index in [0.29, 0.717) is 29.6 Å². The summed E-state index contributed by atoms with van der Waals surface area (Å²) in [7, 11) is 3.14. The predicted molar refractivity (Wildman–Crippen MR) is 82.1 cm³/mol. The maximum Gasteiger partial charge on any atom is 0.255 e. The molecule has 5 nitrogen and oxygen atoms in total. The number of amides is 1. The summed E-state index contributed by atoms with van der Waals surface area (Å²) in [5.74, 6) is 1.10. The Labute approximate surface area is 126 Å². The van der Waals surface area contributed by atoms with Gasteiger partial charge in [-0.1, -0.05) is 6.42 Å². The maximum atomic E-state index is 12.2. The molecule has 1 unspecified atom stereocenters. The van der Waals surface area contributed by atoms with Gasteiger partial charge in [-0.15, -0.1) is 0 Å². The van der Waals surface area contributed by atoms with Crippen molar-refractivity contribution < 1.29 is 14.3 Å². The molecule has 1 aliphatic heterocycles. The van der Waals surface area contributed by atoms with Crippen molar-refractivity contribution in [3.05, 3.63) is 23.8 Å². The van der Waals surface area contributed by atoms with Gasteiger partial charge in [0.15, 0.2) is 0 Å². The van der Waals surface area contributed by atoms with Gasteiger partial charge in [0.2, 0.25) is 0 Å². The molecule has 1 saturated heterocycles. The minimum Gasteiger partial charge on any atom is -0.497 e. The highest BCUT2D eigenvalue weighted by atomic mass is 16.5. The van der Waals surface area contributed by atoms with Crippen LogP contribution < -0.4 is 20.1 Å². The normalized spacial score (nSPS) is 18.1. The molecule has 116 valence electrons. The van der Waals surface area contributed by atoms with Crippen molar-refractivity contribution in [1.82, 2.24) is 10.6 Å². The summed E-state index contributed by atoms with van der Waals surface area (Å²) >= 11 is 0. The Bertz CT molecular complexity index is 471. The van der Waals surface area contributed by atoms with Crippen LogP contribution in [-0.2, 0) is 0 Å². The molecule has 1 aliphatic rings. The van der Waals surface area contributed by atoms with Gasteiger partial charge in [-0.25, -0.2) is 0 Å². The summed E-state index contributed by atoms with van der Waals surface area (Å²) in [6.45, 7) is 1.76. The molecule has 1 aromatic carbocycles. The van der Waals surface area contributed by atoms with Gasteiger partial charge in [-0.3, -0.25) is 4.79 Å². The number of hydrogen-bond acceptors (Lipinski definition) is 4. The molecule has 1 amide bonds. The summed E-state index contributed by atoms with van der Waals surface area (Å²) in [6, 6.07) is 5.74. The van der Waals surface area contributed by atoms with E-state index in [9.17, 15) is 4.79 Å². The Kier molecular flexibility index (Phi) is 5.87. The van der Waals surface area contributed by atoms with E-state index in [4.69, 9.17) is 9.47 Å². The first kappa shape index (κ1) is 15.6. The molecule has 0 spiro atoms. The Morgan fingerprint density at radius 1 is 1.33 bits per heavy atom. The van der Waals surface area contributed by atoms with Crippen molar-refractivity contribution in [3.8, 4) is 11.5 Å². The van der Waals surface area contributed by atoms with Crippen LogP contribution >= 0.6 is 0 Å². The molecule has 5 heteroatoms. The molecule has 0 aromatic heterocycles. The lowest BCUT2D eigenvalue weighted by atomic mass is 10.0. The third-order valence-corrected chi connectivity index (χ3v) is 3.84. The van der Waals surface area contributed by atoms with Crippen LogP contribution in [0.2, 0.25) is 0 Å². The number of piperidine rings is 1. The van der Waals surface area contributed by atoms with E-state index in [2.05, 4.69) is 10.6 Å². The van der Waals surface area contributed by atoms with Gasteiger partial charge in [0, 0.05) is 18.7 Å². The summed E-state index contributed by atoms with van der Waals surface area (Å²) < 4.78 is 10.4. The monoisotopic (exact) mass is 292 g/mol. The summed E-state index contributed by atoms with van der Waals surface area (Å²) in [5, 5.41) is 6.44. The number of hydrogen-bond donors (Lipinski definition) is 2. The molecule has 1 aromatic rings. The number of methoxy groups -OCH3 is 2. The molecule has 0 saturated carbocycles. The smallest absolute Gasteiger partial charge is 0.255 e. The first-order valence-electron chi connectivity index (χ1n) is 7.48. The number of carbonyl (C=O) groups excluding carboxylic acids is 1. The van der Waals surface area contributed by atoms with E-state index in [-0.39, 0.29) is 5.91 Å².